The third kappa shape index (κ3) is 8.65. The van der Waals surface area contributed by atoms with Crippen LogP contribution in [0.25, 0.3) is 199 Å². The second-order valence-corrected chi connectivity index (χ2v) is 30.8. The minimum Gasteiger partial charge on any atom is -0.309 e. The van der Waals surface area contributed by atoms with Gasteiger partial charge in [-0.05, 0) is 193 Å². The first-order valence-corrected chi connectivity index (χ1v) is 37.6. The first kappa shape index (κ1) is 60.7. The van der Waals surface area contributed by atoms with Gasteiger partial charge < -0.3 is 18.3 Å². The van der Waals surface area contributed by atoms with Crippen molar-refractivity contribution in [2.24, 2.45) is 0 Å². The molecule has 5 aromatic heterocycles. The van der Waals surface area contributed by atoms with Crippen LogP contribution in [0.5, 0.6) is 0 Å². The highest BCUT2D eigenvalue weighted by molar-refractivity contribution is 6.16. The molecule has 0 spiro atoms. The Morgan fingerprint density at radius 1 is 0.213 bits per heavy atom. The zero-order valence-corrected chi connectivity index (χ0v) is 60.0. The second kappa shape index (κ2) is 22.4. The molecule has 23 rings (SSSR count). The number of para-hydroxylation sites is 4. The highest BCUT2D eigenvalue weighted by atomic mass is 15.0. The molecule has 6 heteroatoms. The van der Waals surface area contributed by atoms with E-state index in [1.807, 2.05) is 0 Å². The number of aromatic nitrogens is 6. The van der Waals surface area contributed by atoms with Crippen molar-refractivity contribution in [3.05, 3.63) is 362 Å². The van der Waals surface area contributed by atoms with Gasteiger partial charge in [0.25, 0.3) is 0 Å². The van der Waals surface area contributed by atoms with E-state index in [9.17, 15) is 0 Å². The molecule has 16 aromatic carbocycles. The highest BCUT2D eigenvalue weighted by Crippen LogP contribution is 2.53. The normalized spacial score (nSPS) is 13.5. The topological polar surface area (TPSA) is 45.5 Å². The molecule has 0 saturated carbocycles. The molecule has 506 valence electrons. The van der Waals surface area contributed by atoms with Crippen LogP contribution in [0.4, 0.5) is 0 Å². The van der Waals surface area contributed by atoms with E-state index in [1.54, 1.807) is 0 Å². The second-order valence-electron chi connectivity index (χ2n) is 30.8. The van der Waals surface area contributed by atoms with Crippen molar-refractivity contribution in [2.45, 2.75) is 38.5 Å². The summed E-state index contributed by atoms with van der Waals surface area (Å²) in [6.45, 7) is 9.46. The minimum atomic E-state index is -0.116. The summed E-state index contributed by atoms with van der Waals surface area (Å²) < 4.78 is 9.90. The lowest BCUT2D eigenvalue weighted by atomic mass is 9.82. The lowest BCUT2D eigenvalue weighted by molar-refractivity contribution is 0.660. The van der Waals surface area contributed by atoms with Crippen LogP contribution in [-0.4, -0.2) is 28.2 Å². The summed E-state index contributed by atoms with van der Waals surface area (Å²) in [7, 11) is 0. The summed E-state index contributed by atoms with van der Waals surface area (Å²) in [5.74, 6) is 0.679. The van der Waals surface area contributed by atoms with Gasteiger partial charge in [-0.15, -0.1) is 0 Å². The number of nitrogens with zero attached hydrogens (tertiary/aromatic N) is 6. The maximum atomic E-state index is 5.67. The van der Waals surface area contributed by atoms with Gasteiger partial charge >= 0.3 is 0 Å². The molecule has 0 amide bonds. The molecular weight excluding hydrogens is 1310 g/mol. The van der Waals surface area contributed by atoms with Crippen LogP contribution in [0.15, 0.2) is 340 Å². The average Bonchev–Trinajstić information content (AvgIpc) is 1.51. The van der Waals surface area contributed by atoms with Crippen LogP contribution < -0.4 is 0 Å². The van der Waals surface area contributed by atoms with E-state index in [1.165, 1.54) is 132 Å². The van der Waals surface area contributed by atoms with E-state index in [0.717, 1.165) is 83.1 Å². The molecule has 6 nitrogen and oxygen atoms in total. The molecular formula is C102H68N6. The number of benzene rings is 16. The van der Waals surface area contributed by atoms with Gasteiger partial charge in [-0.3, -0.25) is 0 Å². The van der Waals surface area contributed by atoms with E-state index in [4.69, 9.17) is 9.97 Å². The Morgan fingerprint density at radius 2 is 0.574 bits per heavy atom. The predicted molar refractivity (Wildman–Crippen MR) is 451 cm³/mol. The van der Waals surface area contributed by atoms with Gasteiger partial charge in [-0.25, -0.2) is 9.97 Å². The van der Waals surface area contributed by atoms with Crippen molar-refractivity contribution in [3.63, 3.8) is 0 Å². The van der Waals surface area contributed by atoms with Crippen LogP contribution in [0.1, 0.15) is 49.9 Å². The first-order valence-electron chi connectivity index (χ1n) is 37.6. The SMILES string of the molecule is CC1(C)c2ccccc2-c2ccc(-n3c4ccccc4c4cc(-c5ccc6c(c5)c5ccccc5n6-c5cc(-c6nc(-c7ccccc7)nc7c6ccc6ccccc67)cc(-n6c7ccccc7c7cc(-c8ccc9c(c8)c8ccccc8n9-c8ccc9c(c8)C(C)(C)c8ccccc8-9)ccc76)c5)ccc43)cc21. The molecule has 2 aliphatic rings. The van der Waals surface area contributed by atoms with E-state index in [2.05, 4.69) is 386 Å². The Balaban J connectivity index is 0.698. The number of hydrogen-bond donors (Lipinski definition) is 0. The first-order chi connectivity index (χ1) is 53.1. The Hall–Kier alpha value is -13.7. The molecule has 5 heterocycles. The Morgan fingerprint density at radius 3 is 1.02 bits per heavy atom. The van der Waals surface area contributed by atoms with Crippen LogP contribution in [0, 0.1) is 0 Å². The summed E-state index contributed by atoms with van der Waals surface area (Å²) in [6.07, 6.45) is 0. The van der Waals surface area contributed by atoms with Gasteiger partial charge in [-0.1, -0.05) is 246 Å². The van der Waals surface area contributed by atoms with Crippen molar-refractivity contribution in [1.82, 2.24) is 28.2 Å². The quantitative estimate of drug-likeness (QED) is 0.142. The minimum absolute atomic E-state index is 0.116. The number of rotatable bonds is 8. The van der Waals surface area contributed by atoms with Gasteiger partial charge in [0.15, 0.2) is 5.82 Å². The molecule has 0 saturated heterocycles. The van der Waals surface area contributed by atoms with Gasteiger partial charge in [-0.2, -0.15) is 0 Å². The molecule has 2 aliphatic carbocycles. The number of hydrogen-bond acceptors (Lipinski definition) is 2. The molecule has 0 bridgehead atoms. The summed E-state index contributed by atoms with van der Waals surface area (Å²) in [5.41, 5.74) is 32.6. The smallest absolute Gasteiger partial charge is 0.160 e. The van der Waals surface area contributed by atoms with E-state index < -0.39 is 0 Å². The number of fused-ring (bicyclic) bond motifs is 21. The fourth-order valence-electron chi connectivity index (χ4n) is 19.2. The van der Waals surface area contributed by atoms with Crippen LogP contribution >= 0.6 is 0 Å². The lowest BCUT2D eigenvalue weighted by Crippen LogP contribution is -2.15. The zero-order valence-electron chi connectivity index (χ0n) is 60.0. The fourth-order valence-corrected chi connectivity index (χ4v) is 19.2. The van der Waals surface area contributed by atoms with Gasteiger partial charge in [0.1, 0.15) is 0 Å². The van der Waals surface area contributed by atoms with Gasteiger partial charge in [0.05, 0.1) is 55.3 Å². The Kier molecular flexibility index (Phi) is 12.6. The van der Waals surface area contributed by atoms with Crippen LogP contribution in [0.3, 0.4) is 0 Å². The van der Waals surface area contributed by atoms with E-state index in [-0.39, 0.29) is 10.8 Å². The molecule has 0 fully saturated rings. The third-order valence-corrected chi connectivity index (χ3v) is 24.3. The van der Waals surface area contributed by atoms with Crippen molar-refractivity contribution in [3.8, 4) is 89.9 Å². The predicted octanol–water partition coefficient (Wildman–Crippen LogP) is 26.5. The standard InChI is InChI=1S/C102H68N6/c1-101(2)86-32-16-10-26-73(86)75-46-43-68(59-88(75)101)105-90-34-18-12-28-77(90)82-54-63(39-48-94(82)105)65-41-50-96-84(56-65)79-30-14-20-36-92(79)107(96)70-52-67(98-81-45-38-61-22-8-9-25-72(61)99(81)104-100(103-98)62-23-6-5-7-24-62)53-71(58-70)108-93-37-21-15-31-80(93)85-57-66(42-51-97(85)108)64-40-49-95-83(55-64)78-29-13-19-35-91(78)106(95)69-44-47-76-74-27-11-17-33-87(74)102(3,4)89(76)60-69/h5-60H,1-4H3. The van der Waals surface area contributed by atoms with Crippen LogP contribution in [0.2, 0.25) is 0 Å². The maximum Gasteiger partial charge on any atom is 0.160 e. The summed E-state index contributed by atoms with van der Waals surface area (Å²) in [6, 6.07) is 127. The van der Waals surface area contributed by atoms with Crippen LogP contribution in [-0.2, 0) is 10.8 Å². The molecule has 0 unspecified atom stereocenters. The fraction of sp³-hybridized carbons (Fsp3) is 0.0588. The highest BCUT2D eigenvalue weighted by Gasteiger charge is 2.37. The molecule has 0 radical (unpaired) electrons. The molecule has 21 aromatic rings. The summed E-state index contributed by atoms with van der Waals surface area (Å²) in [4.78, 5) is 11.1. The third-order valence-electron chi connectivity index (χ3n) is 24.3. The summed E-state index contributed by atoms with van der Waals surface area (Å²) >= 11 is 0. The maximum absolute atomic E-state index is 5.67. The Bertz CT molecular complexity index is 7130. The van der Waals surface area contributed by atoms with Gasteiger partial charge in [0.2, 0.25) is 0 Å². The lowest BCUT2D eigenvalue weighted by Gasteiger charge is -2.22. The molecule has 108 heavy (non-hydrogen) atoms. The van der Waals surface area contributed by atoms with Crippen molar-refractivity contribution in [1.29, 1.82) is 0 Å². The van der Waals surface area contributed by atoms with E-state index >= 15 is 0 Å². The van der Waals surface area contributed by atoms with Crippen molar-refractivity contribution < 1.29 is 0 Å². The largest absolute Gasteiger partial charge is 0.309 e. The molecule has 0 aliphatic heterocycles. The average molecular weight is 1380 g/mol. The molecule has 0 atom stereocenters. The summed E-state index contributed by atoms with van der Waals surface area (Å²) in [5, 5.41) is 12.8. The monoisotopic (exact) mass is 1380 g/mol. The van der Waals surface area contributed by atoms with Crippen molar-refractivity contribution >= 4 is 109 Å². The van der Waals surface area contributed by atoms with E-state index in [0.29, 0.717) is 5.82 Å². The zero-order chi connectivity index (χ0) is 71.4. The molecule has 0 N–H and O–H groups in total. The van der Waals surface area contributed by atoms with Gasteiger partial charge in [0, 0.05) is 98.6 Å². The van der Waals surface area contributed by atoms with Crippen molar-refractivity contribution in [2.75, 3.05) is 0 Å². The Labute approximate surface area is 623 Å².